The van der Waals surface area contributed by atoms with Gasteiger partial charge in [-0.2, -0.15) is 13.2 Å². The number of aromatic nitrogens is 2. The summed E-state index contributed by atoms with van der Waals surface area (Å²) < 4.78 is 51.2. The van der Waals surface area contributed by atoms with E-state index in [4.69, 9.17) is 9.47 Å². The van der Waals surface area contributed by atoms with E-state index in [-0.39, 0.29) is 18.2 Å². The van der Waals surface area contributed by atoms with Crippen molar-refractivity contribution in [2.45, 2.75) is 39.2 Å². The molecule has 0 aliphatic heterocycles. The monoisotopic (exact) mass is 470 g/mol. The van der Waals surface area contributed by atoms with E-state index in [0.29, 0.717) is 11.0 Å². The highest BCUT2D eigenvalue weighted by atomic mass is 79.9. The third-order valence-corrected chi connectivity index (χ3v) is 4.30. The molecule has 0 saturated carbocycles. The van der Waals surface area contributed by atoms with Crippen molar-refractivity contribution in [3.63, 3.8) is 0 Å². The van der Waals surface area contributed by atoms with Gasteiger partial charge in [-0.05, 0) is 63.2 Å². The lowest BCUT2D eigenvalue weighted by molar-refractivity contribution is -0.137. The molecule has 3 rings (SSSR count). The van der Waals surface area contributed by atoms with Crippen LogP contribution in [0.25, 0.3) is 11.0 Å². The molecule has 0 fully saturated rings. The zero-order valence-corrected chi connectivity index (χ0v) is 17.5. The smallest absolute Gasteiger partial charge is 0.420 e. The number of hydrogen-bond acceptors (Lipinski definition) is 4. The van der Waals surface area contributed by atoms with Crippen LogP contribution in [0.2, 0.25) is 0 Å². The van der Waals surface area contributed by atoms with Crippen LogP contribution in [-0.2, 0) is 17.5 Å². The highest BCUT2D eigenvalue weighted by molar-refractivity contribution is 9.10. The van der Waals surface area contributed by atoms with Gasteiger partial charge in [-0.15, -0.1) is 0 Å². The van der Waals surface area contributed by atoms with Gasteiger partial charge in [0.25, 0.3) is 0 Å². The Labute approximate surface area is 173 Å². The van der Waals surface area contributed by atoms with Crippen LogP contribution in [0.4, 0.5) is 18.0 Å². The third-order valence-electron chi connectivity index (χ3n) is 3.81. The maximum atomic E-state index is 12.7. The van der Waals surface area contributed by atoms with Gasteiger partial charge in [0.05, 0.1) is 16.6 Å². The molecule has 1 heterocycles. The van der Waals surface area contributed by atoms with E-state index in [0.717, 1.165) is 16.6 Å². The number of carbonyl (C=O) groups excluding carboxylic acids is 1. The predicted molar refractivity (Wildman–Crippen MR) is 105 cm³/mol. The van der Waals surface area contributed by atoms with Gasteiger partial charge in [-0.1, -0.05) is 15.9 Å². The van der Waals surface area contributed by atoms with E-state index in [2.05, 4.69) is 20.9 Å². The fourth-order valence-corrected chi connectivity index (χ4v) is 2.95. The molecule has 0 N–H and O–H groups in total. The van der Waals surface area contributed by atoms with Gasteiger partial charge >= 0.3 is 12.3 Å². The van der Waals surface area contributed by atoms with Crippen molar-refractivity contribution >= 4 is 33.1 Å². The lowest BCUT2D eigenvalue weighted by Gasteiger charge is -2.20. The van der Waals surface area contributed by atoms with Crippen molar-refractivity contribution in [1.82, 2.24) is 9.55 Å². The number of fused-ring (bicyclic) bond motifs is 1. The van der Waals surface area contributed by atoms with Crippen LogP contribution in [0.15, 0.2) is 46.9 Å². The van der Waals surface area contributed by atoms with E-state index in [1.54, 1.807) is 39.0 Å². The lowest BCUT2D eigenvalue weighted by Crippen LogP contribution is -2.28. The number of benzene rings is 2. The van der Waals surface area contributed by atoms with Crippen molar-refractivity contribution in [3.8, 4) is 5.75 Å². The molecule has 154 valence electrons. The molecular weight excluding hydrogens is 453 g/mol. The first-order valence-electron chi connectivity index (χ1n) is 8.64. The summed E-state index contributed by atoms with van der Waals surface area (Å²) in [6, 6.07) is 9.55. The molecule has 0 saturated heterocycles. The Kier molecular flexibility index (Phi) is 5.62. The predicted octanol–water partition coefficient (Wildman–Crippen LogP) is 6.18. The highest BCUT2D eigenvalue weighted by Crippen LogP contribution is 2.30. The van der Waals surface area contributed by atoms with Crippen LogP contribution >= 0.6 is 15.9 Å². The van der Waals surface area contributed by atoms with Gasteiger partial charge in [-0.3, -0.25) is 0 Å². The number of hydrogen-bond donors (Lipinski definition) is 0. The first-order chi connectivity index (χ1) is 13.4. The molecule has 0 spiro atoms. The van der Waals surface area contributed by atoms with Crippen molar-refractivity contribution in [1.29, 1.82) is 0 Å². The van der Waals surface area contributed by atoms with Gasteiger partial charge in [0.15, 0.2) is 5.82 Å². The molecule has 9 heteroatoms. The summed E-state index contributed by atoms with van der Waals surface area (Å²) in [7, 11) is 0. The van der Waals surface area contributed by atoms with E-state index >= 15 is 0 Å². The van der Waals surface area contributed by atoms with Gasteiger partial charge in [0.2, 0.25) is 0 Å². The first kappa shape index (κ1) is 21.2. The van der Waals surface area contributed by atoms with Gasteiger partial charge in [-0.25, -0.2) is 14.3 Å². The molecule has 0 aliphatic rings. The second-order valence-electron chi connectivity index (χ2n) is 7.29. The van der Waals surface area contributed by atoms with Gasteiger partial charge in [0, 0.05) is 4.47 Å². The summed E-state index contributed by atoms with van der Waals surface area (Å²) >= 11 is 3.36. The van der Waals surface area contributed by atoms with Crippen molar-refractivity contribution < 1.29 is 27.4 Å². The number of alkyl halides is 3. The van der Waals surface area contributed by atoms with E-state index in [1.165, 1.54) is 16.7 Å². The molecule has 5 nitrogen and oxygen atoms in total. The largest absolute Gasteiger partial charge is 0.486 e. The summed E-state index contributed by atoms with van der Waals surface area (Å²) in [6.07, 6.45) is -5.04. The van der Waals surface area contributed by atoms with Crippen LogP contribution in [0.1, 0.15) is 32.2 Å². The Hall–Kier alpha value is -2.55. The normalized spacial score (nSPS) is 12.2. The van der Waals surface area contributed by atoms with Crippen LogP contribution in [0.5, 0.6) is 5.75 Å². The van der Waals surface area contributed by atoms with Crippen LogP contribution in [-0.4, -0.2) is 21.2 Å². The molecule has 0 aliphatic carbocycles. The second kappa shape index (κ2) is 7.70. The minimum Gasteiger partial charge on any atom is -0.486 e. The van der Waals surface area contributed by atoms with E-state index in [1.807, 2.05) is 0 Å². The maximum absolute atomic E-state index is 12.7. The molecule has 3 aromatic rings. The van der Waals surface area contributed by atoms with Crippen LogP contribution < -0.4 is 4.74 Å². The molecule has 0 radical (unpaired) electrons. The van der Waals surface area contributed by atoms with Gasteiger partial charge < -0.3 is 9.47 Å². The number of imidazole rings is 1. The van der Waals surface area contributed by atoms with Crippen molar-refractivity contribution in [3.05, 3.63) is 58.3 Å². The molecule has 0 amide bonds. The molecular formula is C20H18BrF3N2O3. The summed E-state index contributed by atoms with van der Waals surface area (Å²) in [5.41, 5.74) is -0.394. The number of carbonyl (C=O) groups is 1. The van der Waals surface area contributed by atoms with Gasteiger partial charge in [0.1, 0.15) is 18.0 Å². The zero-order valence-electron chi connectivity index (χ0n) is 15.9. The summed E-state index contributed by atoms with van der Waals surface area (Å²) in [4.78, 5) is 17.1. The van der Waals surface area contributed by atoms with Crippen LogP contribution in [0, 0.1) is 0 Å². The zero-order chi connectivity index (χ0) is 21.4. The molecule has 2 aromatic carbocycles. The number of ether oxygens (including phenoxy) is 2. The minimum absolute atomic E-state index is 0.128. The molecule has 0 atom stereocenters. The van der Waals surface area contributed by atoms with Crippen molar-refractivity contribution in [2.24, 2.45) is 0 Å². The quantitative estimate of drug-likeness (QED) is 0.458. The Balaban J connectivity index is 1.90. The number of halogens is 4. The maximum Gasteiger partial charge on any atom is 0.420 e. The average molecular weight is 471 g/mol. The van der Waals surface area contributed by atoms with E-state index < -0.39 is 23.4 Å². The van der Waals surface area contributed by atoms with Crippen molar-refractivity contribution in [2.75, 3.05) is 0 Å². The molecule has 29 heavy (non-hydrogen) atoms. The van der Waals surface area contributed by atoms with Crippen LogP contribution in [0.3, 0.4) is 0 Å². The Morgan fingerprint density at radius 2 is 1.76 bits per heavy atom. The third kappa shape index (κ3) is 5.09. The molecule has 1 aromatic heterocycles. The Morgan fingerprint density at radius 1 is 1.10 bits per heavy atom. The minimum atomic E-state index is -4.42. The fourth-order valence-electron chi connectivity index (χ4n) is 2.60. The first-order valence-corrected chi connectivity index (χ1v) is 9.44. The number of rotatable bonds is 3. The van der Waals surface area contributed by atoms with E-state index in [9.17, 15) is 18.0 Å². The standard InChI is InChI=1S/C20H18BrF3N2O3/c1-19(2,3)29-18(27)26-16-9-6-13(21)10-15(16)25-17(26)11-28-14-7-4-12(5-8-14)20(22,23)24/h4-10H,11H2,1-3H3. The summed E-state index contributed by atoms with van der Waals surface area (Å²) in [5, 5.41) is 0. The number of nitrogens with zero attached hydrogens (tertiary/aromatic N) is 2. The Bertz CT molecular complexity index is 1040. The SMILES string of the molecule is CC(C)(C)OC(=O)n1c(COc2ccc(C(F)(F)F)cc2)nc2cc(Br)ccc21. The Morgan fingerprint density at radius 3 is 2.34 bits per heavy atom. The molecule has 0 unspecified atom stereocenters. The molecule has 0 bridgehead atoms. The summed E-state index contributed by atoms with van der Waals surface area (Å²) in [6.45, 7) is 5.12. The average Bonchev–Trinajstić information content (AvgIpc) is 2.95. The topological polar surface area (TPSA) is 53.4 Å². The lowest BCUT2D eigenvalue weighted by atomic mass is 10.2. The summed E-state index contributed by atoms with van der Waals surface area (Å²) in [5.74, 6) is 0.495. The highest BCUT2D eigenvalue weighted by Gasteiger charge is 2.30. The second-order valence-corrected chi connectivity index (χ2v) is 8.20. The fraction of sp³-hybridized carbons (Fsp3) is 0.300.